The van der Waals surface area contributed by atoms with Gasteiger partial charge in [-0.25, -0.2) is 8.42 Å². The molecule has 0 aliphatic carbocycles. The average molecular weight is 345 g/mol. The largest absolute Gasteiger partial charge is 0.495 e. The standard InChI is InChI=1S/C19H23NO3S/c1-14(2)16-8-9-18(23-3)19(12-16)24(21,22)20-11-10-15-6-4-5-7-17(15)13-20/h4-9,12,14H,10-11,13H2,1-3H3. The van der Waals surface area contributed by atoms with Crippen molar-refractivity contribution in [1.82, 2.24) is 4.31 Å². The van der Waals surface area contributed by atoms with E-state index in [1.165, 1.54) is 12.7 Å². The molecule has 24 heavy (non-hydrogen) atoms. The lowest BCUT2D eigenvalue weighted by Crippen LogP contribution is -2.36. The van der Waals surface area contributed by atoms with E-state index in [-0.39, 0.29) is 10.8 Å². The van der Waals surface area contributed by atoms with Crippen LogP contribution >= 0.6 is 0 Å². The Morgan fingerprint density at radius 2 is 1.79 bits per heavy atom. The zero-order valence-electron chi connectivity index (χ0n) is 14.3. The fourth-order valence-electron chi connectivity index (χ4n) is 3.07. The van der Waals surface area contributed by atoms with Crippen molar-refractivity contribution >= 4 is 10.0 Å². The molecule has 5 heteroatoms. The number of nitrogens with zero attached hydrogens (tertiary/aromatic N) is 1. The zero-order valence-corrected chi connectivity index (χ0v) is 15.1. The number of ether oxygens (including phenoxy) is 1. The number of hydrogen-bond acceptors (Lipinski definition) is 3. The van der Waals surface area contributed by atoms with Gasteiger partial charge in [-0.05, 0) is 41.2 Å². The molecule has 1 aliphatic rings. The molecule has 0 N–H and O–H groups in total. The smallest absolute Gasteiger partial charge is 0.247 e. The first kappa shape index (κ1) is 17.0. The van der Waals surface area contributed by atoms with Gasteiger partial charge in [-0.3, -0.25) is 0 Å². The van der Waals surface area contributed by atoms with E-state index in [1.54, 1.807) is 16.4 Å². The third-order valence-electron chi connectivity index (χ3n) is 4.57. The van der Waals surface area contributed by atoms with E-state index in [1.807, 2.05) is 24.3 Å². The third kappa shape index (κ3) is 3.06. The maximum absolute atomic E-state index is 13.2. The molecule has 128 valence electrons. The van der Waals surface area contributed by atoms with E-state index in [2.05, 4.69) is 19.9 Å². The van der Waals surface area contributed by atoms with Gasteiger partial charge in [-0.1, -0.05) is 44.2 Å². The number of hydrogen-bond donors (Lipinski definition) is 0. The van der Waals surface area contributed by atoms with Gasteiger partial charge in [0.2, 0.25) is 10.0 Å². The molecule has 3 rings (SSSR count). The third-order valence-corrected chi connectivity index (χ3v) is 6.43. The average Bonchev–Trinajstić information content (AvgIpc) is 2.60. The van der Waals surface area contributed by atoms with Gasteiger partial charge in [0.1, 0.15) is 10.6 Å². The normalized spacial score (nSPS) is 15.3. The van der Waals surface area contributed by atoms with Crippen LogP contribution in [-0.2, 0) is 23.0 Å². The Kier molecular flexibility index (Phi) is 4.65. The first-order valence-electron chi connectivity index (χ1n) is 8.18. The van der Waals surface area contributed by atoms with Gasteiger partial charge in [0, 0.05) is 13.1 Å². The van der Waals surface area contributed by atoms with Gasteiger partial charge in [-0.2, -0.15) is 4.31 Å². The molecule has 0 aromatic heterocycles. The first-order valence-corrected chi connectivity index (χ1v) is 9.62. The van der Waals surface area contributed by atoms with Crippen LogP contribution in [0.25, 0.3) is 0 Å². The molecular weight excluding hydrogens is 322 g/mol. The van der Waals surface area contributed by atoms with Crippen LogP contribution in [0.15, 0.2) is 47.4 Å². The van der Waals surface area contributed by atoms with E-state index in [0.29, 0.717) is 18.8 Å². The molecule has 0 bridgehead atoms. The van der Waals surface area contributed by atoms with E-state index in [4.69, 9.17) is 4.74 Å². The minimum atomic E-state index is -3.60. The Bertz CT molecular complexity index is 843. The Balaban J connectivity index is 2.01. The predicted molar refractivity (Wildman–Crippen MR) is 94.8 cm³/mol. The van der Waals surface area contributed by atoms with Crippen molar-refractivity contribution in [3.63, 3.8) is 0 Å². The number of rotatable bonds is 4. The molecule has 0 saturated heterocycles. The summed E-state index contributed by atoms with van der Waals surface area (Å²) in [4.78, 5) is 0.260. The monoisotopic (exact) mass is 345 g/mol. The van der Waals surface area contributed by atoms with E-state index in [0.717, 1.165) is 17.5 Å². The summed E-state index contributed by atoms with van der Waals surface area (Å²) in [5.74, 6) is 0.658. The second-order valence-electron chi connectivity index (χ2n) is 6.42. The van der Waals surface area contributed by atoms with Crippen molar-refractivity contribution in [3.8, 4) is 5.75 Å². The molecular formula is C19H23NO3S. The summed E-state index contributed by atoms with van der Waals surface area (Å²) < 4.78 is 33.3. The van der Waals surface area contributed by atoms with Gasteiger partial charge < -0.3 is 4.74 Å². The Morgan fingerprint density at radius 3 is 2.46 bits per heavy atom. The summed E-state index contributed by atoms with van der Waals surface area (Å²) in [5.41, 5.74) is 3.30. The topological polar surface area (TPSA) is 46.6 Å². The maximum atomic E-state index is 13.2. The molecule has 0 fully saturated rings. The van der Waals surface area contributed by atoms with Crippen molar-refractivity contribution < 1.29 is 13.2 Å². The quantitative estimate of drug-likeness (QED) is 0.851. The molecule has 4 nitrogen and oxygen atoms in total. The van der Waals surface area contributed by atoms with E-state index in [9.17, 15) is 8.42 Å². The van der Waals surface area contributed by atoms with Crippen LogP contribution in [0.4, 0.5) is 0 Å². The second kappa shape index (κ2) is 6.57. The summed E-state index contributed by atoms with van der Waals surface area (Å²) in [5, 5.41) is 0. The molecule has 1 heterocycles. The van der Waals surface area contributed by atoms with Crippen LogP contribution in [0.2, 0.25) is 0 Å². The van der Waals surface area contributed by atoms with E-state index >= 15 is 0 Å². The van der Waals surface area contributed by atoms with Crippen molar-refractivity contribution in [2.45, 2.75) is 37.6 Å². The fourth-order valence-corrected chi connectivity index (χ4v) is 4.68. The number of benzene rings is 2. The lowest BCUT2D eigenvalue weighted by Gasteiger charge is -2.28. The first-order chi connectivity index (χ1) is 11.4. The Morgan fingerprint density at radius 1 is 1.08 bits per heavy atom. The van der Waals surface area contributed by atoms with Gasteiger partial charge >= 0.3 is 0 Å². The maximum Gasteiger partial charge on any atom is 0.247 e. The summed E-state index contributed by atoms with van der Waals surface area (Å²) in [6, 6.07) is 13.4. The minimum Gasteiger partial charge on any atom is -0.495 e. The number of sulfonamides is 1. The SMILES string of the molecule is COc1ccc(C(C)C)cc1S(=O)(=O)N1CCc2ccccc2C1. The predicted octanol–water partition coefficient (Wildman–Crippen LogP) is 3.57. The van der Waals surface area contributed by atoms with Gasteiger partial charge in [0.25, 0.3) is 0 Å². The Hall–Kier alpha value is -1.85. The molecule has 0 saturated carbocycles. The molecule has 0 unspecified atom stereocenters. The highest BCUT2D eigenvalue weighted by molar-refractivity contribution is 7.89. The molecule has 2 aromatic carbocycles. The van der Waals surface area contributed by atoms with Crippen LogP contribution in [-0.4, -0.2) is 26.4 Å². The molecule has 0 atom stereocenters. The number of methoxy groups -OCH3 is 1. The van der Waals surface area contributed by atoms with Crippen molar-refractivity contribution in [1.29, 1.82) is 0 Å². The van der Waals surface area contributed by atoms with Gasteiger partial charge in [0.15, 0.2) is 0 Å². The van der Waals surface area contributed by atoms with Gasteiger partial charge in [-0.15, -0.1) is 0 Å². The van der Waals surface area contributed by atoms with Crippen LogP contribution in [0.1, 0.15) is 36.5 Å². The summed E-state index contributed by atoms with van der Waals surface area (Å²) in [6.45, 7) is 5.01. The zero-order chi connectivity index (χ0) is 17.3. The molecule has 0 radical (unpaired) electrons. The Labute approximate surface area is 144 Å². The molecule has 0 spiro atoms. The highest BCUT2D eigenvalue weighted by Gasteiger charge is 2.31. The summed E-state index contributed by atoms with van der Waals surface area (Å²) in [6.07, 6.45) is 0.738. The molecule has 0 amide bonds. The summed E-state index contributed by atoms with van der Waals surface area (Å²) >= 11 is 0. The lowest BCUT2D eigenvalue weighted by atomic mass is 10.0. The van der Waals surface area contributed by atoms with Crippen molar-refractivity contribution in [2.75, 3.05) is 13.7 Å². The van der Waals surface area contributed by atoms with Crippen LogP contribution in [0.5, 0.6) is 5.75 Å². The van der Waals surface area contributed by atoms with Crippen LogP contribution in [0.3, 0.4) is 0 Å². The van der Waals surface area contributed by atoms with Crippen molar-refractivity contribution in [3.05, 3.63) is 59.2 Å². The second-order valence-corrected chi connectivity index (χ2v) is 8.33. The highest BCUT2D eigenvalue weighted by Crippen LogP contribution is 2.32. The van der Waals surface area contributed by atoms with Gasteiger partial charge in [0.05, 0.1) is 7.11 Å². The number of fused-ring (bicyclic) bond motifs is 1. The van der Waals surface area contributed by atoms with Crippen LogP contribution < -0.4 is 4.74 Å². The lowest BCUT2D eigenvalue weighted by molar-refractivity contribution is 0.377. The minimum absolute atomic E-state index is 0.256. The molecule has 2 aromatic rings. The van der Waals surface area contributed by atoms with Crippen LogP contribution in [0, 0.1) is 0 Å². The van der Waals surface area contributed by atoms with Crippen molar-refractivity contribution in [2.24, 2.45) is 0 Å². The highest BCUT2D eigenvalue weighted by atomic mass is 32.2. The molecule has 1 aliphatic heterocycles. The fraction of sp³-hybridized carbons (Fsp3) is 0.368. The summed E-state index contributed by atoms with van der Waals surface area (Å²) in [7, 11) is -2.09. The van der Waals surface area contributed by atoms with E-state index < -0.39 is 10.0 Å².